The number of non-ortho nitro benzene ring substituents is 1. The van der Waals surface area contributed by atoms with Gasteiger partial charge in [-0.1, -0.05) is 11.3 Å². The molecule has 4 rings (SSSR count). The normalized spacial score (nSPS) is 11.1. The van der Waals surface area contributed by atoms with Gasteiger partial charge in [0, 0.05) is 17.7 Å². The molecule has 3 N–H and O–H groups in total. The number of nitro groups is 1. The first-order valence-electron chi connectivity index (χ1n) is 8.92. The van der Waals surface area contributed by atoms with Gasteiger partial charge in [-0.3, -0.25) is 14.9 Å². The van der Waals surface area contributed by atoms with Crippen LogP contribution in [-0.2, 0) is 0 Å². The van der Waals surface area contributed by atoms with Crippen LogP contribution in [0.25, 0.3) is 17.1 Å². The molecule has 0 atom stereocenters. The van der Waals surface area contributed by atoms with Crippen LogP contribution >= 0.6 is 15.9 Å². The summed E-state index contributed by atoms with van der Waals surface area (Å²) >= 11 is 3.06. The van der Waals surface area contributed by atoms with Crippen LogP contribution in [0.4, 0.5) is 15.9 Å². The Morgan fingerprint density at radius 3 is 2.67 bits per heavy atom. The molecule has 0 aliphatic carbocycles. The zero-order chi connectivity index (χ0) is 23.5. The molecule has 0 aliphatic rings. The molecule has 2 aromatic carbocycles. The Morgan fingerprint density at radius 1 is 1.27 bits per heavy atom. The van der Waals surface area contributed by atoms with Crippen molar-refractivity contribution in [2.75, 3.05) is 5.73 Å². The van der Waals surface area contributed by atoms with Crippen LogP contribution in [0.5, 0.6) is 0 Å². The molecule has 0 aliphatic heterocycles. The van der Waals surface area contributed by atoms with Crippen LogP contribution in [0.15, 0.2) is 56.7 Å². The Morgan fingerprint density at radius 2 is 2.03 bits per heavy atom. The number of nitrogens with zero attached hydrogens (tertiary/aromatic N) is 7. The molecule has 33 heavy (non-hydrogen) atoms. The van der Waals surface area contributed by atoms with Crippen LogP contribution in [0.3, 0.4) is 0 Å². The monoisotopic (exact) mass is 515 g/mol. The quantitative estimate of drug-likeness (QED) is 0.221. The SMILES string of the molecule is Nc1nonc1-n1nnc(C(=O)NN=Cc2ccc(F)c(Br)c2)c1-c1ccc([N+](=O)[O-])cc1. The highest BCUT2D eigenvalue weighted by Crippen LogP contribution is 2.28. The van der Waals surface area contributed by atoms with E-state index >= 15 is 0 Å². The van der Waals surface area contributed by atoms with Crippen molar-refractivity contribution in [3.8, 4) is 17.1 Å². The Balaban J connectivity index is 1.68. The number of rotatable bonds is 6. The smallest absolute Gasteiger partial charge is 0.294 e. The van der Waals surface area contributed by atoms with Crippen molar-refractivity contribution in [1.29, 1.82) is 0 Å². The predicted octanol–water partition coefficient (Wildman–Crippen LogP) is 2.47. The van der Waals surface area contributed by atoms with Gasteiger partial charge in [0.15, 0.2) is 5.69 Å². The molecular formula is C18H11BrFN9O4. The number of anilines is 1. The number of nitrogen functional groups attached to an aromatic ring is 1. The molecule has 0 spiro atoms. The highest BCUT2D eigenvalue weighted by atomic mass is 79.9. The van der Waals surface area contributed by atoms with Gasteiger partial charge in [-0.15, -0.1) is 5.10 Å². The highest BCUT2D eigenvalue weighted by molar-refractivity contribution is 9.10. The highest BCUT2D eigenvalue weighted by Gasteiger charge is 2.25. The Labute approximate surface area is 191 Å². The van der Waals surface area contributed by atoms with E-state index in [9.17, 15) is 19.3 Å². The average molecular weight is 516 g/mol. The van der Waals surface area contributed by atoms with E-state index in [-0.39, 0.29) is 33.2 Å². The lowest BCUT2D eigenvalue weighted by Gasteiger charge is -2.05. The molecule has 0 saturated carbocycles. The fourth-order valence-corrected chi connectivity index (χ4v) is 3.13. The largest absolute Gasteiger partial charge is 0.378 e. The predicted molar refractivity (Wildman–Crippen MR) is 115 cm³/mol. The number of nitrogens with two attached hydrogens (primary N) is 1. The van der Waals surface area contributed by atoms with Gasteiger partial charge in [0.05, 0.1) is 15.6 Å². The Bertz CT molecular complexity index is 1380. The topological polar surface area (TPSA) is 180 Å². The lowest BCUT2D eigenvalue weighted by molar-refractivity contribution is -0.384. The molecule has 2 aromatic heterocycles. The number of nitrogens with one attached hydrogen (secondary N) is 1. The van der Waals surface area contributed by atoms with Crippen molar-refractivity contribution < 1.29 is 18.7 Å². The number of hydrogen-bond acceptors (Lipinski definition) is 10. The minimum absolute atomic E-state index is 0.0328. The minimum Gasteiger partial charge on any atom is -0.378 e. The van der Waals surface area contributed by atoms with Crippen LogP contribution in [0.1, 0.15) is 16.1 Å². The van der Waals surface area contributed by atoms with Crippen molar-refractivity contribution in [2.45, 2.75) is 0 Å². The summed E-state index contributed by atoms with van der Waals surface area (Å²) in [5.41, 5.74) is 8.69. The van der Waals surface area contributed by atoms with E-state index in [1.807, 2.05) is 0 Å². The summed E-state index contributed by atoms with van der Waals surface area (Å²) in [6.07, 6.45) is 1.30. The summed E-state index contributed by atoms with van der Waals surface area (Å²) in [5.74, 6) is -1.34. The van der Waals surface area contributed by atoms with Gasteiger partial charge in [-0.2, -0.15) is 9.78 Å². The van der Waals surface area contributed by atoms with Crippen molar-refractivity contribution in [3.63, 3.8) is 0 Å². The molecule has 166 valence electrons. The molecule has 0 unspecified atom stereocenters. The van der Waals surface area contributed by atoms with Crippen LogP contribution < -0.4 is 11.2 Å². The summed E-state index contributed by atoms with van der Waals surface area (Å²) in [5, 5.41) is 29.7. The third kappa shape index (κ3) is 4.42. The van der Waals surface area contributed by atoms with Gasteiger partial charge >= 0.3 is 0 Å². The summed E-state index contributed by atoms with van der Waals surface area (Å²) in [6, 6.07) is 9.51. The minimum atomic E-state index is -0.748. The number of carbonyl (C=O) groups is 1. The zero-order valence-corrected chi connectivity index (χ0v) is 17.8. The molecular weight excluding hydrogens is 505 g/mol. The fourth-order valence-electron chi connectivity index (χ4n) is 2.73. The molecule has 13 nitrogen and oxygen atoms in total. The van der Waals surface area contributed by atoms with E-state index in [0.717, 1.165) is 4.68 Å². The number of halogens is 2. The van der Waals surface area contributed by atoms with E-state index in [1.54, 1.807) is 0 Å². The van der Waals surface area contributed by atoms with E-state index < -0.39 is 16.6 Å². The first kappa shape index (κ1) is 21.7. The number of hydrazone groups is 1. The maximum atomic E-state index is 13.4. The van der Waals surface area contributed by atoms with Gasteiger partial charge in [-0.05, 0) is 56.1 Å². The average Bonchev–Trinajstić information content (AvgIpc) is 3.42. The second-order valence-corrected chi connectivity index (χ2v) is 7.20. The van der Waals surface area contributed by atoms with Gasteiger partial charge < -0.3 is 5.73 Å². The van der Waals surface area contributed by atoms with E-state index in [4.69, 9.17) is 5.73 Å². The van der Waals surface area contributed by atoms with Crippen molar-refractivity contribution in [1.82, 2.24) is 30.7 Å². The summed E-state index contributed by atoms with van der Waals surface area (Å²) in [7, 11) is 0. The third-order valence-electron chi connectivity index (χ3n) is 4.26. The summed E-state index contributed by atoms with van der Waals surface area (Å²) in [4.78, 5) is 23.2. The summed E-state index contributed by atoms with van der Waals surface area (Å²) in [6.45, 7) is 0. The Hall–Kier alpha value is -4.53. The van der Waals surface area contributed by atoms with Crippen molar-refractivity contribution in [2.24, 2.45) is 5.10 Å². The second-order valence-electron chi connectivity index (χ2n) is 6.35. The van der Waals surface area contributed by atoms with Gasteiger partial charge in [0.1, 0.15) is 11.5 Å². The van der Waals surface area contributed by atoms with Gasteiger partial charge in [0.25, 0.3) is 11.6 Å². The fraction of sp³-hybridized carbons (Fsp3) is 0. The molecule has 4 aromatic rings. The van der Waals surface area contributed by atoms with Gasteiger partial charge in [0.2, 0.25) is 11.6 Å². The molecule has 0 saturated heterocycles. The van der Waals surface area contributed by atoms with Crippen LogP contribution in [0, 0.1) is 15.9 Å². The number of benzene rings is 2. The number of amides is 1. The zero-order valence-electron chi connectivity index (χ0n) is 16.2. The standard InChI is InChI=1S/C18H11BrFN9O4/c19-12-7-9(1-6-13(12)20)8-22-24-18(30)14-15(10-2-4-11(5-3-10)29(31)32)28(27-23-14)17-16(21)25-33-26-17/h1-8H,(H2,21,25)(H,24,30). The van der Waals surface area contributed by atoms with Gasteiger partial charge in [-0.25, -0.2) is 14.4 Å². The molecule has 15 heteroatoms. The first-order valence-corrected chi connectivity index (χ1v) is 9.72. The lowest BCUT2D eigenvalue weighted by Crippen LogP contribution is -2.19. The first-order chi connectivity index (χ1) is 15.8. The maximum absolute atomic E-state index is 13.4. The molecule has 0 fully saturated rings. The molecule has 0 radical (unpaired) electrons. The number of hydrogen-bond donors (Lipinski definition) is 2. The molecule has 1 amide bonds. The van der Waals surface area contributed by atoms with E-state index in [2.05, 4.69) is 51.7 Å². The molecule has 0 bridgehead atoms. The molecule has 2 heterocycles. The number of aromatic nitrogens is 5. The van der Waals surface area contributed by atoms with E-state index in [1.165, 1.54) is 48.7 Å². The number of nitro benzene ring substituents is 1. The summed E-state index contributed by atoms with van der Waals surface area (Å²) < 4.78 is 19.3. The van der Waals surface area contributed by atoms with Crippen molar-refractivity contribution >= 4 is 39.6 Å². The van der Waals surface area contributed by atoms with Crippen molar-refractivity contribution in [3.05, 3.63) is 74.1 Å². The number of carbonyl (C=O) groups excluding carboxylic acids is 1. The maximum Gasteiger partial charge on any atom is 0.294 e. The van der Waals surface area contributed by atoms with E-state index in [0.29, 0.717) is 11.1 Å². The third-order valence-corrected chi connectivity index (χ3v) is 4.86. The van der Waals surface area contributed by atoms with Crippen LogP contribution in [0.2, 0.25) is 0 Å². The lowest BCUT2D eigenvalue weighted by atomic mass is 10.1. The second kappa shape index (κ2) is 8.91. The Kier molecular flexibility index (Phi) is 5.86. The van der Waals surface area contributed by atoms with Crippen LogP contribution in [-0.4, -0.2) is 42.4 Å².